The van der Waals surface area contributed by atoms with Crippen molar-refractivity contribution in [1.82, 2.24) is 15.0 Å². The van der Waals surface area contributed by atoms with Crippen molar-refractivity contribution in [3.05, 3.63) is 125 Å². The van der Waals surface area contributed by atoms with Gasteiger partial charge in [0, 0.05) is 10.8 Å². The molecule has 8 bridgehead atoms. The minimum Gasteiger partial charge on any atom is -0.278 e. The molecule has 10 aliphatic rings. The van der Waals surface area contributed by atoms with Crippen molar-refractivity contribution in [3.8, 4) is 0 Å². The Kier molecular flexibility index (Phi) is 5.85. The maximum absolute atomic E-state index is 5.56. The molecule has 5 nitrogen and oxygen atoms in total. The van der Waals surface area contributed by atoms with Gasteiger partial charge in [-0.15, -0.1) is 0 Å². The van der Waals surface area contributed by atoms with Crippen LogP contribution in [0.5, 0.6) is 0 Å². The molecule has 3 heterocycles. The van der Waals surface area contributed by atoms with Crippen molar-refractivity contribution in [2.24, 2.45) is 47.3 Å². The predicted molar refractivity (Wildman–Crippen MR) is 210 cm³/mol. The smallest absolute Gasteiger partial charge is 0.239 e. The van der Waals surface area contributed by atoms with Crippen LogP contribution in [-0.2, 0) is 10.8 Å². The number of fused-ring (bicyclic) bond motifs is 4. The Morgan fingerprint density at radius 1 is 0.396 bits per heavy atom. The molecule has 8 fully saturated rings. The van der Waals surface area contributed by atoms with E-state index in [1.54, 1.807) is 0 Å². The van der Waals surface area contributed by atoms with Gasteiger partial charge in [-0.2, -0.15) is 15.0 Å². The van der Waals surface area contributed by atoms with Crippen molar-refractivity contribution < 1.29 is 0 Å². The summed E-state index contributed by atoms with van der Waals surface area (Å²) in [6, 6.07) is 37.2. The number of aromatic nitrogens is 3. The van der Waals surface area contributed by atoms with Crippen LogP contribution in [-0.4, -0.2) is 15.0 Å². The first-order valence-corrected chi connectivity index (χ1v) is 20.8. The van der Waals surface area contributed by atoms with Crippen LogP contribution >= 0.6 is 0 Å². The van der Waals surface area contributed by atoms with E-state index in [4.69, 9.17) is 15.0 Å². The van der Waals surface area contributed by atoms with Crippen LogP contribution in [0, 0.1) is 54.3 Å². The maximum atomic E-state index is 5.56. The normalized spacial score (nSPS) is 32.5. The minimum atomic E-state index is 0.0553. The van der Waals surface area contributed by atoms with E-state index in [-0.39, 0.29) is 10.8 Å². The van der Waals surface area contributed by atoms with E-state index in [0.29, 0.717) is 23.7 Å². The third-order valence-electron chi connectivity index (χ3n) is 16.3. The molecule has 4 aromatic carbocycles. The molecule has 15 rings (SSSR count). The Morgan fingerprint density at radius 2 is 0.679 bits per heavy atom. The fourth-order valence-corrected chi connectivity index (χ4v) is 15.3. The molecule has 0 saturated heterocycles. The monoisotopic (exact) mass is 693 g/mol. The summed E-state index contributed by atoms with van der Waals surface area (Å²) < 4.78 is 0. The number of nitrogens with zero attached hydrogens (tertiary/aromatic N) is 5. The summed E-state index contributed by atoms with van der Waals surface area (Å²) in [6.07, 6.45) is 13.8. The third kappa shape index (κ3) is 3.68. The summed E-state index contributed by atoms with van der Waals surface area (Å²) in [7, 11) is 0. The summed E-state index contributed by atoms with van der Waals surface area (Å²) in [5.41, 5.74) is 11.1. The molecule has 0 atom stereocenters. The number of para-hydroxylation sites is 4. The average Bonchev–Trinajstić information content (AvgIpc) is 3.17. The van der Waals surface area contributed by atoms with Gasteiger partial charge in [0.1, 0.15) is 5.82 Å². The van der Waals surface area contributed by atoms with Crippen LogP contribution in [0.4, 0.5) is 34.6 Å². The van der Waals surface area contributed by atoms with Crippen molar-refractivity contribution in [1.29, 1.82) is 0 Å². The van der Waals surface area contributed by atoms with Crippen LogP contribution in [0.15, 0.2) is 97.1 Å². The number of benzene rings is 4. The Hall–Kier alpha value is -4.51. The van der Waals surface area contributed by atoms with Crippen LogP contribution < -0.4 is 9.80 Å². The molecule has 1 aromatic heterocycles. The van der Waals surface area contributed by atoms with E-state index in [0.717, 1.165) is 41.4 Å². The summed E-state index contributed by atoms with van der Waals surface area (Å²) in [5, 5.41) is 0. The van der Waals surface area contributed by atoms with E-state index in [2.05, 4.69) is 114 Å². The minimum absolute atomic E-state index is 0.0553. The second-order valence-corrected chi connectivity index (χ2v) is 18.6. The lowest BCUT2D eigenvalue weighted by Crippen LogP contribution is -2.57. The molecule has 2 spiro atoms. The average molecular weight is 694 g/mol. The van der Waals surface area contributed by atoms with E-state index >= 15 is 0 Å². The Balaban J connectivity index is 1.00. The van der Waals surface area contributed by atoms with Gasteiger partial charge in [-0.3, -0.25) is 9.80 Å². The summed E-state index contributed by atoms with van der Waals surface area (Å²) in [5.74, 6) is 8.58. The van der Waals surface area contributed by atoms with Crippen molar-refractivity contribution in [2.45, 2.75) is 82.0 Å². The van der Waals surface area contributed by atoms with Gasteiger partial charge in [0.05, 0.1) is 22.7 Å². The molecule has 8 saturated carbocycles. The molecule has 8 aliphatic carbocycles. The zero-order valence-corrected chi connectivity index (χ0v) is 30.7. The quantitative estimate of drug-likeness (QED) is 0.184. The summed E-state index contributed by atoms with van der Waals surface area (Å²) in [4.78, 5) is 20.7. The van der Waals surface area contributed by atoms with E-state index < -0.39 is 0 Å². The highest BCUT2D eigenvalue weighted by molar-refractivity contribution is 5.87. The molecular weight excluding hydrogens is 647 g/mol. The molecule has 2 aliphatic heterocycles. The van der Waals surface area contributed by atoms with E-state index in [9.17, 15) is 0 Å². The van der Waals surface area contributed by atoms with Gasteiger partial charge in [0.2, 0.25) is 11.9 Å². The van der Waals surface area contributed by atoms with Crippen molar-refractivity contribution >= 4 is 34.6 Å². The molecule has 0 unspecified atom stereocenters. The highest BCUT2D eigenvalue weighted by Gasteiger charge is 2.63. The van der Waals surface area contributed by atoms with Crippen LogP contribution in [0.3, 0.4) is 0 Å². The van der Waals surface area contributed by atoms with Crippen molar-refractivity contribution in [2.75, 3.05) is 9.80 Å². The first-order chi connectivity index (χ1) is 26.1. The second-order valence-electron chi connectivity index (χ2n) is 18.6. The zero-order valence-electron chi connectivity index (χ0n) is 30.7. The lowest BCUT2D eigenvalue weighted by atomic mass is 9.41. The predicted octanol–water partition coefficient (Wildman–Crippen LogP) is 11.2. The summed E-state index contributed by atoms with van der Waals surface area (Å²) in [6.45, 7) is 2.05. The van der Waals surface area contributed by atoms with Crippen LogP contribution in [0.25, 0.3) is 0 Å². The molecule has 5 heteroatoms. The summed E-state index contributed by atoms with van der Waals surface area (Å²) >= 11 is 0. The second kappa shape index (κ2) is 10.4. The Morgan fingerprint density at radius 3 is 0.981 bits per heavy atom. The van der Waals surface area contributed by atoms with Gasteiger partial charge in [0.25, 0.3) is 0 Å². The van der Waals surface area contributed by atoms with Gasteiger partial charge in [-0.1, -0.05) is 72.8 Å². The van der Waals surface area contributed by atoms with Gasteiger partial charge in [0.15, 0.2) is 0 Å². The fraction of sp³-hybridized carbons (Fsp3) is 0.438. The molecule has 5 aromatic rings. The largest absolute Gasteiger partial charge is 0.278 e. The molecule has 264 valence electrons. The molecule has 0 amide bonds. The van der Waals surface area contributed by atoms with Gasteiger partial charge in [-0.25, -0.2) is 0 Å². The first-order valence-electron chi connectivity index (χ1n) is 20.8. The van der Waals surface area contributed by atoms with Gasteiger partial charge < -0.3 is 0 Å². The third-order valence-corrected chi connectivity index (χ3v) is 16.3. The van der Waals surface area contributed by atoms with Gasteiger partial charge in [-0.05, 0) is 165 Å². The van der Waals surface area contributed by atoms with Crippen molar-refractivity contribution in [3.63, 3.8) is 0 Å². The Labute approximate surface area is 312 Å². The number of aryl methyl sites for hydroxylation is 1. The highest BCUT2D eigenvalue weighted by Crippen LogP contribution is 2.71. The molecular formula is C48H47N5. The SMILES string of the molecule is Cc1nc(N2c3ccccc3C3(c4ccccc42)C2CC4CC(C2)CC3C4)nc(N2c3ccccc3C3(c4ccccc42)C2CC4CC(C2)CC3C4)n1. The fourth-order valence-electron chi connectivity index (χ4n) is 15.3. The molecule has 53 heavy (non-hydrogen) atoms. The van der Waals surface area contributed by atoms with E-state index in [1.165, 1.54) is 109 Å². The molecule has 0 radical (unpaired) electrons. The number of hydrogen-bond donors (Lipinski definition) is 0. The highest BCUT2D eigenvalue weighted by atomic mass is 15.4. The number of anilines is 6. The van der Waals surface area contributed by atoms with Gasteiger partial charge >= 0.3 is 0 Å². The topological polar surface area (TPSA) is 45.2 Å². The number of rotatable bonds is 2. The van der Waals surface area contributed by atoms with E-state index in [1.807, 2.05) is 0 Å². The number of hydrogen-bond acceptors (Lipinski definition) is 5. The standard InChI is InChI=1S/C48H47N5/c1-28-49-45(52-41-14-6-2-10-37(41)47(38-11-3-7-15-42(38)52)33-20-29-18-30(22-33)23-34(47)21-29)51-46(50-28)53-43-16-8-4-12-39(43)48(40-13-5-9-17-44(40)53)35-24-31-19-32(26-35)27-36(48)25-31/h2-17,29-36H,18-27H2,1H3. The molecule has 0 N–H and O–H groups in total. The lowest BCUT2D eigenvalue weighted by Gasteiger charge is -2.64. The zero-order chi connectivity index (χ0) is 34.6. The van der Waals surface area contributed by atoms with Crippen LogP contribution in [0.1, 0.15) is 92.3 Å². The Bertz CT molecular complexity index is 2030. The first kappa shape index (κ1) is 29.9. The van der Waals surface area contributed by atoms with Crippen LogP contribution in [0.2, 0.25) is 0 Å². The lowest BCUT2D eigenvalue weighted by molar-refractivity contribution is -0.0419. The maximum Gasteiger partial charge on any atom is 0.239 e.